The number of nitrogens with zero attached hydrogens (tertiary/aromatic N) is 2. The molecule has 0 bridgehead atoms. The molecule has 0 radical (unpaired) electrons. The van der Waals surface area contributed by atoms with E-state index in [2.05, 4.69) is 16.2 Å². The van der Waals surface area contributed by atoms with Crippen LogP contribution < -0.4 is 10.5 Å². The van der Waals surface area contributed by atoms with E-state index < -0.39 is 0 Å². The van der Waals surface area contributed by atoms with Crippen LogP contribution in [-0.4, -0.2) is 10.1 Å². The van der Waals surface area contributed by atoms with Crippen LogP contribution >= 0.6 is 0 Å². The lowest BCUT2D eigenvalue weighted by Crippen LogP contribution is -2.26. The lowest BCUT2D eigenvalue weighted by molar-refractivity contribution is 0.218. The van der Waals surface area contributed by atoms with Gasteiger partial charge >= 0.3 is 0 Å². The topological polar surface area (TPSA) is 74.2 Å². The van der Waals surface area contributed by atoms with E-state index in [4.69, 9.17) is 15.0 Å². The molecule has 1 aliphatic heterocycles. The average Bonchev–Trinajstić information content (AvgIpc) is 3.03. The Morgan fingerprint density at radius 3 is 2.75 bits per heavy atom. The van der Waals surface area contributed by atoms with Gasteiger partial charge in [0.05, 0.1) is 6.04 Å². The number of nitrogens with two attached hydrogens (primary N) is 1. The Morgan fingerprint density at radius 2 is 2.05 bits per heavy atom. The Bertz CT molecular complexity index is 591. The second kappa shape index (κ2) is 4.59. The predicted molar refractivity (Wildman–Crippen MR) is 74.2 cm³/mol. The molecule has 5 nitrogen and oxygen atoms in total. The number of benzene rings is 1. The van der Waals surface area contributed by atoms with Crippen molar-refractivity contribution in [1.82, 2.24) is 10.1 Å². The Hall–Kier alpha value is -1.88. The first kappa shape index (κ1) is 13.1. The SMILES string of the molecule is CC(C)(C)[C@H](N)c1nc(C2Cc3ccccc3O2)no1. The second-order valence-electron chi connectivity index (χ2n) is 6.25. The van der Waals surface area contributed by atoms with Crippen LogP contribution in [0.3, 0.4) is 0 Å². The molecule has 0 amide bonds. The third kappa shape index (κ3) is 2.29. The van der Waals surface area contributed by atoms with Gasteiger partial charge in [0.1, 0.15) is 5.75 Å². The fraction of sp³-hybridized carbons (Fsp3) is 0.467. The van der Waals surface area contributed by atoms with E-state index in [0.29, 0.717) is 11.7 Å². The fourth-order valence-electron chi connectivity index (χ4n) is 2.20. The van der Waals surface area contributed by atoms with Crippen LogP contribution in [0, 0.1) is 5.41 Å². The van der Waals surface area contributed by atoms with E-state index in [1.165, 1.54) is 5.56 Å². The van der Waals surface area contributed by atoms with E-state index in [1.54, 1.807) is 0 Å². The molecule has 1 aliphatic rings. The summed E-state index contributed by atoms with van der Waals surface area (Å²) < 4.78 is 11.1. The summed E-state index contributed by atoms with van der Waals surface area (Å²) in [4.78, 5) is 4.41. The number of fused-ring (bicyclic) bond motifs is 1. The molecule has 3 rings (SSSR count). The van der Waals surface area contributed by atoms with Gasteiger partial charge in [-0.1, -0.05) is 44.1 Å². The molecular formula is C15H19N3O2. The molecule has 20 heavy (non-hydrogen) atoms. The number of hydrogen-bond acceptors (Lipinski definition) is 5. The average molecular weight is 273 g/mol. The molecule has 2 N–H and O–H groups in total. The monoisotopic (exact) mass is 273 g/mol. The minimum atomic E-state index is -0.285. The van der Waals surface area contributed by atoms with Crippen molar-refractivity contribution in [3.05, 3.63) is 41.5 Å². The number of para-hydroxylation sites is 1. The molecule has 1 unspecified atom stereocenters. The van der Waals surface area contributed by atoms with E-state index in [0.717, 1.165) is 12.2 Å². The van der Waals surface area contributed by atoms with Crippen molar-refractivity contribution in [1.29, 1.82) is 0 Å². The van der Waals surface area contributed by atoms with Gasteiger partial charge < -0.3 is 15.0 Å². The number of aromatic nitrogens is 2. The Balaban J connectivity index is 1.80. The zero-order valence-electron chi connectivity index (χ0n) is 12.0. The van der Waals surface area contributed by atoms with Crippen molar-refractivity contribution < 1.29 is 9.26 Å². The highest BCUT2D eigenvalue weighted by molar-refractivity contribution is 5.37. The summed E-state index contributed by atoms with van der Waals surface area (Å²) in [7, 11) is 0. The van der Waals surface area contributed by atoms with Crippen LogP contribution in [0.5, 0.6) is 5.75 Å². The molecule has 2 atom stereocenters. The smallest absolute Gasteiger partial charge is 0.244 e. The van der Waals surface area contributed by atoms with Crippen molar-refractivity contribution in [3.63, 3.8) is 0 Å². The lowest BCUT2D eigenvalue weighted by Gasteiger charge is -2.23. The maximum atomic E-state index is 6.13. The van der Waals surface area contributed by atoms with Crippen molar-refractivity contribution in [3.8, 4) is 5.75 Å². The van der Waals surface area contributed by atoms with E-state index in [-0.39, 0.29) is 17.6 Å². The summed E-state index contributed by atoms with van der Waals surface area (Å²) in [6, 6.07) is 7.68. The normalized spacial score (nSPS) is 19.5. The highest BCUT2D eigenvalue weighted by Crippen LogP contribution is 2.36. The third-order valence-corrected chi connectivity index (χ3v) is 3.59. The molecule has 0 spiro atoms. The van der Waals surface area contributed by atoms with Gasteiger partial charge in [-0.15, -0.1) is 0 Å². The Labute approximate surface area is 118 Å². The molecule has 5 heteroatoms. The van der Waals surface area contributed by atoms with E-state index >= 15 is 0 Å². The summed E-state index contributed by atoms with van der Waals surface area (Å²) in [5, 5.41) is 4.02. The van der Waals surface area contributed by atoms with Crippen LogP contribution in [0.2, 0.25) is 0 Å². The van der Waals surface area contributed by atoms with Gasteiger partial charge in [-0.05, 0) is 17.0 Å². The van der Waals surface area contributed by atoms with Gasteiger partial charge in [0.25, 0.3) is 0 Å². The van der Waals surface area contributed by atoms with Crippen LogP contribution in [-0.2, 0) is 6.42 Å². The molecule has 2 heterocycles. The van der Waals surface area contributed by atoms with Crippen molar-refractivity contribution in [2.24, 2.45) is 11.1 Å². The number of hydrogen-bond donors (Lipinski definition) is 1. The van der Waals surface area contributed by atoms with Crippen LogP contribution in [0.15, 0.2) is 28.8 Å². The largest absolute Gasteiger partial charge is 0.482 e. The van der Waals surface area contributed by atoms with Crippen LogP contribution in [0.25, 0.3) is 0 Å². The zero-order chi connectivity index (χ0) is 14.3. The summed E-state index contributed by atoms with van der Waals surface area (Å²) in [5.74, 6) is 1.92. The van der Waals surface area contributed by atoms with Crippen molar-refractivity contribution >= 4 is 0 Å². The Kier molecular flexibility index (Phi) is 3.01. The second-order valence-corrected chi connectivity index (χ2v) is 6.25. The first-order valence-electron chi connectivity index (χ1n) is 6.79. The molecule has 0 saturated carbocycles. The van der Waals surface area contributed by atoms with Gasteiger partial charge in [0.2, 0.25) is 11.7 Å². The molecule has 1 aromatic carbocycles. The van der Waals surface area contributed by atoms with Gasteiger partial charge in [-0.3, -0.25) is 0 Å². The minimum Gasteiger partial charge on any atom is -0.482 e. The van der Waals surface area contributed by atoms with E-state index in [9.17, 15) is 0 Å². The highest BCUT2D eigenvalue weighted by Gasteiger charge is 2.32. The number of ether oxygens (including phenoxy) is 1. The summed E-state index contributed by atoms with van der Waals surface area (Å²) in [6.45, 7) is 6.14. The lowest BCUT2D eigenvalue weighted by atomic mass is 9.87. The molecular weight excluding hydrogens is 254 g/mol. The summed E-state index contributed by atoms with van der Waals surface area (Å²) in [5.41, 5.74) is 7.18. The van der Waals surface area contributed by atoms with Crippen molar-refractivity contribution in [2.45, 2.75) is 39.3 Å². The van der Waals surface area contributed by atoms with Gasteiger partial charge in [-0.2, -0.15) is 4.98 Å². The zero-order valence-corrected chi connectivity index (χ0v) is 12.0. The molecule has 2 aromatic rings. The highest BCUT2D eigenvalue weighted by atomic mass is 16.5. The van der Waals surface area contributed by atoms with E-state index in [1.807, 2.05) is 39.0 Å². The maximum absolute atomic E-state index is 6.13. The maximum Gasteiger partial charge on any atom is 0.244 e. The molecule has 1 aromatic heterocycles. The molecule has 0 fully saturated rings. The third-order valence-electron chi connectivity index (χ3n) is 3.59. The molecule has 106 valence electrons. The van der Waals surface area contributed by atoms with Crippen molar-refractivity contribution in [2.75, 3.05) is 0 Å². The minimum absolute atomic E-state index is 0.122. The fourth-order valence-corrected chi connectivity index (χ4v) is 2.20. The number of rotatable bonds is 2. The Morgan fingerprint density at radius 1 is 1.30 bits per heavy atom. The quantitative estimate of drug-likeness (QED) is 0.910. The molecule has 0 aliphatic carbocycles. The van der Waals surface area contributed by atoms with Crippen LogP contribution in [0.4, 0.5) is 0 Å². The molecule has 0 saturated heterocycles. The first-order valence-corrected chi connectivity index (χ1v) is 6.79. The standard InChI is InChI=1S/C15H19N3O2/c1-15(2,3)12(16)14-17-13(18-20-14)11-8-9-6-4-5-7-10(9)19-11/h4-7,11-12H,8,16H2,1-3H3/t11?,12-/m1/s1. The summed E-state index contributed by atoms with van der Waals surface area (Å²) >= 11 is 0. The van der Waals surface area contributed by atoms with Gasteiger partial charge in [0.15, 0.2) is 6.10 Å². The first-order chi connectivity index (χ1) is 9.45. The predicted octanol–water partition coefficient (Wildman–Crippen LogP) is 2.79. The van der Waals surface area contributed by atoms with Crippen LogP contribution in [0.1, 0.15) is 50.2 Å². The van der Waals surface area contributed by atoms with Gasteiger partial charge in [0, 0.05) is 6.42 Å². The summed E-state index contributed by atoms with van der Waals surface area (Å²) in [6.07, 6.45) is 0.581. The van der Waals surface area contributed by atoms with Gasteiger partial charge in [-0.25, -0.2) is 0 Å².